The second-order valence-corrected chi connectivity index (χ2v) is 5.70. The van der Waals surface area contributed by atoms with Crippen LogP contribution in [0.15, 0.2) is 48.7 Å². The van der Waals surface area contributed by atoms with Crippen molar-refractivity contribution in [2.24, 2.45) is 7.05 Å². The molecule has 0 saturated carbocycles. The van der Waals surface area contributed by atoms with Crippen LogP contribution < -0.4 is 5.73 Å². The molecule has 0 amide bonds. The number of hydrogen-bond acceptors (Lipinski definition) is 2. The summed E-state index contributed by atoms with van der Waals surface area (Å²) in [6.45, 7) is 0. The predicted octanol–water partition coefficient (Wildman–Crippen LogP) is 4.12. The van der Waals surface area contributed by atoms with Gasteiger partial charge in [0.1, 0.15) is 0 Å². The number of aryl methyl sites for hydroxylation is 1. The molecule has 122 valence electrons. The normalized spacial score (nSPS) is 12.3. The summed E-state index contributed by atoms with van der Waals surface area (Å²) in [4.78, 5) is 0. The molecule has 0 unspecified atom stereocenters. The van der Waals surface area contributed by atoms with Crippen molar-refractivity contribution in [1.29, 1.82) is 0 Å². The highest BCUT2D eigenvalue weighted by Crippen LogP contribution is 2.34. The summed E-state index contributed by atoms with van der Waals surface area (Å²) >= 11 is 0. The third kappa shape index (κ3) is 2.12. The minimum Gasteiger partial charge on any atom is -0.399 e. The van der Waals surface area contributed by atoms with Gasteiger partial charge in [-0.25, -0.2) is 0 Å². The third-order valence-corrected chi connectivity index (χ3v) is 4.03. The molecule has 24 heavy (non-hydrogen) atoms. The zero-order chi connectivity index (χ0) is 17.1. The molecule has 0 aliphatic rings. The van der Waals surface area contributed by atoms with E-state index in [0.29, 0.717) is 17.0 Å². The van der Waals surface area contributed by atoms with E-state index in [1.807, 2.05) is 22.9 Å². The van der Waals surface area contributed by atoms with Crippen LogP contribution in [0.5, 0.6) is 0 Å². The van der Waals surface area contributed by atoms with Crippen molar-refractivity contribution in [2.45, 2.75) is 6.18 Å². The van der Waals surface area contributed by atoms with E-state index in [-0.39, 0.29) is 0 Å². The van der Waals surface area contributed by atoms with E-state index in [0.717, 1.165) is 28.4 Å². The summed E-state index contributed by atoms with van der Waals surface area (Å²) in [6, 6.07) is 10.5. The van der Waals surface area contributed by atoms with Gasteiger partial charge in [0.25, 0.3) is 0 Å². The quantitative estimate of drug-likeness (QED) is 0.534. The van der Waals surface area contributed by atoms with Gasteiger partial charge >= 0.3 is 6.18 Å². The lowest BCUT2D eigenvalue weighted by Crippen LogP contribution is -2.05. The van der Waals surface area contributed by atoms with Crippen molar-refractivity contribution in [1.82, 2.24) is 14.3 Å². The topological polar surface area (TPSA) is 48.8 Å². The molecule has 0 spiro atoms. The molecule has 2 aromatic carbocycles. The fraction of sp³-hybridized carbons (Fsp3) is 0.118. The second-order valence-electron chi connectivity index (χ2n) is 5.70. The minimum atomic E-state index is -4.36. The molecular formula is C17H13F3N4. The number of rotatable bonds is 1. The van der Waals surface area contributed by atoms with Gasteiger partial charge in [-0.15, -0.1) is 0 Å². The van der Waals surface area contributed by atoms with Crippen molar-refractivity contribution in [3.8, 4) is 5.69 Å². The Balaban J connectivity index is 2.01. The number of nitrogens with zero attached hydrogens (tertiary/aromatic N) is 3. The van der Waals surface area contributed by atoms with Crippen LogP contribution in [0.3, 0.4) is 0 Å². The van der Waals surface area contributed by atoms with E-state index < -0.39 is 11.7 Å². The molecule has 0 aliphatic carbocycles. The Labute approximate surface area is 134 Å². The van der Waals surface area contributed by atoms with Crippen LogP contribution in [-0.4, -0.2) is 14.3 Å². The zero-order valence-corrected chi connectivity index (χ0v) is 12.7. The maximum Gasteiger partial charge on any atom is 0.416 e. The average molecular weight is 330 g/mol. The lowest BCUT2D eigenvalue weighted by molar-refractivity contribution is -0.137. The third-order valence-electron chi connectivity index (χ3n) is 4.03. The first-order valence-corrected chi connectivity index (χ1v) is 7.25. The summed E-state index contributed by atoms with van der Waals surface area (Å²) in [6.07, 6.45) is -2.48. The van der Waals surface area contributed by atoms with Gasteiger partial charge in [-0.3, -0.25) is 9.25 Å². The van der Waals surface area contributed by atoms with E-state index in [1.54, 1.807) is 17.8 Å². The number of halogens is 3. The van der Waals surface area contributed by atoms with Gasteiger partial charge in [-0.1, -0.05) is 0 Å². The summed E-state index contributed by atoms with van der Waals surface area (Å²) in [5, 5.41) is 6.26. The van der Waals surface area contributed by atoms with Gasteiger partial charge in [0.2, 0.25) is 0 Å². The molecule has 2 heterocycles. The maximum absolute atomic E-state index is 12.8. The standard InChI is InChI=1S/C17H13F3N4/c1-23-9-14-13-8-11(21)4-7-15(13)24(16(14)22-23)12-5-2-10(3-6-12)17(18,19)20/h2-9H,21H2,1H3. The van der Waals surface area contributed by atoms with Crippen molar-refractivity contribution in [3.05, 3.63) is 54.2 Å². The molecular weight excluding hydrogens is 317 g/mol. The number of aromatic nitrogens is 3. The Bertz CT molecular complexity index is 1060. The summed E-state index contributed by atoms with van der Waals surface area (Å²) < 4.78 is 41.9. The van der Waals surface area contributed by atoms with E-state index in [2.05, 4.69) is 5.10 Å². The Morgan fingerprint density at radius 3 is 2.38 bits per heavy atom. The highest BCUT2D eigenvalue weighted by atomic mass is 19.4. The SMILES string of the molecule is Cn1cc2c3cc(N)ccc3n(-c3ccc(C(F)(F)F)cc3)c2n1. The monoisotopic (exact) mass is 330 g/mol. The molecule has 0 bridgehead atoms. The molecule has 7 heteroatoms. The van der Waals surface area contributed by atoms with Crippen molar-refractivity contribution < 1.29 is 13.2 Å². The number of benzene rings is 2. The largest absolute Gasteiger partial charge is 0.416 e. The minimum absolute atomic E-state index is 0.617. The van der Waals surface area contributed by atoms with Gasteiger partial charge in [-0.2, -0.15) is 18.3 Å². The fourth-order valence-corrected chi connectivity index (χ4v) is 2.97. The maximum atomic E-state index is 12.8. The molecule has 0 fully saturated rings. The highest BCUT2D eigenvalue weighted by Gasteiger charge is 2.30. The molecule has 4 nitrogen and oxygen atoms in total. The molecule has 0 atom stereocenters. The molecule has 0 saturated heterocycles. The van der Waals surface area contributed by atoms with Gasteiger partial charge in [0, 0.05) is 35.4 Å². The Kier molecular flexibility index (Phi) is 2.90. The molecule has 4 aromatic rings. The summed E-state index contributed by atoms with van der Waals surface area (Å²) in [7, 11) is 1.80. The van der Waals surface area contributed by atoms with Crippen molar-refractivity contribution in [2.75, 3.05) is 5.73 Å². The molecule has 4 rings (SSSR count). The van der Waals surface area contributed by atoms with E-state index >= 15 is 0 Å². The van der Waals surface area contributed by atoms with E-state index in [4.69, 9.17) is 5.73 Å². The number of hydrogen-bond donors (Lipinski definition) is 1. The Morgan fingerprint density at radius 2 is 1.71 bits per heavy atom. The summed E-state index contributed by atoms with van der Waals surface area (Å²) in [5.41, 5.74) is 7.97. The van der Waals surface area contributed by atoms with Crippen LogP contribution in [0.1, 0.15) is 5.56 Å². The molecule has 2 aromatic heterocycles. The number of alkyl halides is 3. The van der Waals surface area contributed by atoms with Crippen LogP contribution in [0.2, 0.25) is 0 Å². The summed E-state index contributed by atoms with van der Waals surface area (Å²) in [5.74, 6) is 0. The number of fused-ring (bicyclic) bond motifs is 3. The van der Waals surface area contributed by atoms with Crippen LogP contribution in [0.4, 0.5) is 18.9 Å². The van der Waals surface area contributed by atoms with Gasteiger partial charge in [0.05, 0.1) is 11.1 Å². The first kappa shape index (κ1) is 14.6. The van der Waals surface area contributed by atoms with E-state index in [1.165, 1.54) is 12.1 Å². The van der Waals surface area contributed by atoms with Gasteiger partial charge in [-0.05, 0) is 42.5 Å². The number of nitrogen functional groups attached to an aromatic ring is 1. The van der Waals surface area contributed by atoms with E-state index in [9.17, 15) is 13.2 Å². The first-order chi connectivity index (χ1) is 11.3. The lowest BCUT2D eigenvalue weighted by Gasteiger charge is -2.10. The molecule has 2 N–H and O–H groups in total. The van der Waals surface area contributed by atoms with Crippen LogP contribution >= 0.6 is 0 Å². The zero-order valence-electron chi connectivity index (χ0n) is 12.7. The number of anilines is 1. The average Bonchev–Trinajstić information content (AvgIpc) is 3.02. The second kappa shape index (κ2) is 4.77. The van der Waals surface area contributed by atoms with Gasteiger partial charge in [0.15, 0.2) is 5.65 Å². The fourth-order valence-electron chi connectivity index (χ4n) is 2.97. The number of nitrogens with two attached hydrogens (primary N) is 1. The Hall–Kier alpha value is -2.96. The van der Waals surface area contributed by atoms with Crippen molar-refractivity contribution in [3.63, 3.8) is 0 Å². The van der Waals surface area contributed by atoms with Gasteiger partial charge < -0.3 is 5.73 Å². The van der Waals surface area contributed by atoms with Crippen molar-refractivity contribution >= 4 is 27.6 Å². The first-order valence-electron chi connectivity index (χ1n) is 7.25. The van der Waals surface area contributed by atoms with Crippen LogP contribution in [0, 0.1) is 0 Å². The molecule has 0 radical (unpaired) electrons. The van der Waals surface area contributed by atoms with Crippen LogP contribution in [0.25, 0.3) is 27.6 Å². The van der Waals surface area contributed by atoms with Crippen LogP contribution in [-0.2, 0) is 13.2 Å². The Morgan fingerprint density at radius 1 is 1.00 bits per heavy atom. The lowest BCUT2D eigenvalue weighted by atomic mass is 10.2. The highest BCUT2D eigenvalue weighted by molar-refractivity contribution is 6.08. The smallest absolute Gasteiger partial charge is 0.399 e. The molecule has 0 aliphatic heterocycles. The predicted molar refractivity (Wildman–Crippen MR) is 87.0 cm³/mol.